The topological polar surface area (TPSA) is 58.6 Å². The van der Waals surface area contributed by atoms with Crippen LogP contribution in [0.15, 0.2) is 0 Å². The minimum Gasteiger partial charge on any atom is -0.480 e. The number of carboxylic acid groups (broad SMARTS) is 1. The molecular weight excluding hydrogens is 170 g/mol. The highest BCUT2D eigenvalue weighted by atomic mass is 16.5. The van der Waals surface area contributed by atoms with Crippen molar-refractivity contribution < 1.29 is 14.6 Å². The van der Waals surface area contributed by atoms with Gasteiger partial charge in [0.2, 0.25) is 0 Å². The summed E-state index contributed by atoms with van der Waals surface area (Å²) in [4.78, 5) is 10.8. The van der Waals surface area contributed by atoms with Crippen molar-refractivity contribution >= 4 is 5.97 Å². The summed E-state index contributed by atoms with van der Waals surface area (Å²) < 4.78 is 4.85. The third-order valence-corrected chi connectivity index (χ3v) is 2.56. The lowest BCUT2D eigenvalue weighted by atomic mass is 9.80. The van der Waals surface area contributed by atoms with Gasteiger partial charge in [-0.15, -0.1) is 0 Å². The Bertz CT molecular complexity index is 168. The largest absolute Gasteiger partial charge is 0.480 e. The van der Waals surface area contributed by atoms with E-state index in [1.807, 2.05) is 0 Å². The number of aliphatic carboxylic acids is 1. The summed E-state index contributed by atoms with van der Waals surface area (Å²) in [6.07, 6.45) is 3.24. The van der Waals surface area contributed by atoms with Gasteiger partial charge in [0.1, 0.15) is 6.04 Å². The molecule has 4 heteroatoms. The molecular formula is C9H17NO3. The van der Waals surface area contributed by atoms with Gasteiger partial charge in [0.05, 0.1) is 6.61 Å². The van der Waals surface area contributed by atoms with E-state index >= 15 is 0 Å². The van der Waals surface area contributed by atoms with E-state index < -0.39 is 5.97 Å². The third-order valence-electron chi connectivity index (χ3n) is 2.56. The van der Waals surface area contributed by atoms with Gasteiger partial charge >= 0.3 is 5.97 Å². The first kappa shape index (κ1) is 10.5. The van der Waals surface area contributed by atoms with Crippen LogP contribution in [-0.2, 0) is 9.53 Å². The molecule has 1 unspecified atom stereocenters. The molecule has 0 saturated heterocycles. The summed E-state index contributed by atoms with van der Waals surface area (Å²) in [5, 5.41) is 11.9. The fourth-order valence-electron chi connectivity index (χ4n) is 1.55. The van der Waals surface area contributed by atoms with E-state index in [1.54, 1.807) is 7.11 Å². The summed E-state index contributed by atoms with van der Waals surface area (Å²) in [5.41, 5.74) is 0. The highest BCUT2D eigenvalue weighted by molar-refractivity contribution is 5.74. The average Bonchev–Trinajstić information content (AvgIpc) is 1.99. The Labute approximate surface area is 78.3 Å². The Balaban J connectivity index is 2.25. The van der Waals surface area contributed by atoms with Crippen LogP contribution in [0.1, 0.15) is 19.3 Å². The van der Waals surface area contributed by atoms with Crippen molar-refractivity contribution in [3.8, 4) is 0 Å². The van der Waals surface area contributed by atoms with Crippen molar-refractivity contribution in [1.29, 1.82) is 0 Å². The standard InChI is InChI=1S/C9H17NO3/c1-13-6-5-10-8(9(11)12)7-3-2-4-7/h7-8,10H,2-6H2,1H3,(H,11,12). The monoisotopic (exact) mass is 187 g/mol. The van der Waals surface area contributed by atoms with Crippen LogP contribution in [0, 0.1) is 5.92 Å². The predicted molar refractivity (Wildman–Crippen MR) is 48.6 cm³/mol. The van der Waals surface area contributed by atoms with E-state index in [4.69, 9.17) is 9.84 Å². The molecule has 1 atom stereocenters. The molecule has 0 heterocycles. The molecule has 0 radical (unpaired) electrons. The van der Waals surface area contributed by atoms with Crippen molar-refractivity contribution in [2.24, 2.45) is 5.92 Å². The van der Waals surface area contributed by atoms with Crippen LogP contribution in [0.3, 0.4) is 0 Å². The Kier molecular flexibility index (Phi) is 4.18. The molecule has 1 aliphatic carbocycles. The Morgan fingerprint density at radius 3 is 2.77 bits per heavy atom. The number of nitrogens with one attached hydrogen (secondary N) is 1. The van der Waals surface area contributed by atoms with Gasteiger partial charge < -0.3 is 15.2 Å². The molecule has 4 nitrogen and oxygen atoms in total. The maximum absolute atomic E-state index is 10.8. The van der Waals surface area contributed by atoms with Gasteiger partial charge in [-0.1, -0.05) is 6.42 Å². The lowest BCUT2D eigenvalue weighted by Gasteiger charge is -2.31. The number of carboxylic acids is 1. The van der Waals surface area contributed by atoms with Crippen LogP contribution < -0.4 is 5.32 Å². The zero-order chi connectivity index (χ0) is 9.68. The first-order valence-electron chi connectivity index (χ1n) is 4.71. The van der Waals surface area contributed by atoms with E-state index in [-0.39, 0.29) is 6.04 Å². The molecule has 76 valence electrons. The predicted octanol–water partition coefficient (Wildman–Crippen LogP) is 0.476. The normalized spacial score (nSPS) is 19.5. The van der Waals surface area contributed by atoms with Crippen molar-refractivity contribution in [2.45, 2.75) is 25.3 Å². The second kappa shape index (κ2) is 5.19. The minimum absolute atomic E-state index is 0.328. The van der Waals surface area contributed by atoms with Gasteiger partial charge in [-0.25, -0.2) is 0 Å². The van der Waals surface area contributed by atoms with E-state index in [2.05, 4.69) is 5.32 Å². The van der Waals surface area contributed by atoms with Gasteiger partial charge in [-0.05, 0) is 18.8 Å². The SMILES string of the molecule is COCCNC(C(=O)O)C1CCC1. The van der Waals surface area contributed by atoms with Crippen molar-refractivity contribution in [2.75, 3.05) is 20.3 Å². The van der Waals surface area contributed by atoms with E-state index in [0.29, 0.717) is 19.1 Å². The first-order chi connectivity index (χ1) is 6.25. The van der Waals surface area contributed by atoms with Crippen LogP contribution in [0.5, 0.6) is 0 Å². The maximum Gasteiger partial charge on any atom is 0.320 e. The summed E-state index contributed by atoms with van der Waals surface area (Å²) in [6.45, 7) is 1.18. The molecule has 1 saturated carbocycles. The molecule has 0 aromatic carbocycles. The van der Waals surface area contributed by atoms with Crippen molar-refractivity contribution in [1.82, 2.24) is 5.32 Å². The minimum atomic E-state index is -0.735. The molecule has 13 heavy (non-hydrogen) atoms. The summed E-state index contributed by atoms with van der Waals surface area (Å²) in [6, 6.07) is -0.371. The van der Waals surface area contributed by atoms with Gasteiger partial charge in [0.15, 0.2) is 0 Å². The zero-order valence-corrected chi connectivity index (χ0v) is 7.95. The fourth-order valence-corrected chi connectivity index (χ4v) is 1.55. The van der Waals surface area contributed by atoms with Gasteiger partial charge in [-0.2, -0.15) is 0 Å². The molecule has 0 aromatic rings. The Morgan fingerprint density at radius 1 is 1.69 bits per heavy atom. The van der Waals surface area contributed by atoms with Gasteiger partial charge in [-0.3, -0.25) is 4.79 Å². The van der Waals surface area contributed by atoms with Gasteiger partial charge in [0.25, 0.3) is 0 Å². The smallest absolute Gasteiger partial charge is 0.320 e. The zero-order valence-electron chi connectivity index (χ0n) is 7.95. The second-order valence-electron chi connectivity index (χ2n) is 3.45. The van der Waals surface area contributed by atoms with Crippen LogP contribution in [-0.4, -0.2) is 37.4 Å². The van der Waals surface area contributed by atoms with Crippen LogP contribution in [0.2, 0.25) is 0 Å². The molecule has 2 N–H and O–H groups in total. The van der Waals surface area contributed by atoms with E-state index in [9.17, 15) is 4.79 Å². The molecule has 1 rings (SSSR count). The number of ether oxygens (including phenoxy) is 1. The molecule has 0 aliphatic heterocycles. The number of hydrogen-bond donors (Lipinski definition) is 2. The molecule has 0 aromatic heterocycles. The summed E-state index contributed by atoms with van der Waals surface area (Å²) in [7, 11) is 1.61. The number of rotatable bonds is 6. The molecule has 1 aliphatic rings. The maximum atomic E-state index is 10.8. The quantitative estimate of drug-likeness (QED) is 0.594. The Morgan fingerprint density at radius 2 is 2.38 bits per heavy atom. The van der Waals surface area contributed by atoms with Crippen LogP contribution in [0.25, 0.3) is 0 Å². The van der Waals surface area contributed by atoms with Crippen molar-refractivity contribution in [3.63, 3.8) is 0 Å². The Hall–Kier alpha value is -0.610. The molecule has 1 fully saturated rings. The summed E-state index contributed by atoms with van der Waals surface area (Å²) >= 11 is 0. The number of carbonyl (C=O) groups is 1. The molecule has 0 amide bonds. The van der Waals surface area contributed by atoms with Gasteiger partial charge in [0, 0.05) is 13.7 Å². The van der Waals surface area contributed by atoms with E-state index in [0.717, 1.165) is 12.8 Å². The second-order valence-corrected chi connectivity index (χ2v) is 3.45. The highest BCUT2D eigenvalue weighted by Gasteiger charge is 2.31. The summed E-state index contributed by atoms with van der Waals surface area (Å²) in [5.74, 6) is -0.407. The first-order valence-corrected chi connectivity index (χ1v) is 4.71. The molecule has 0 bridgehead atoms. The fraction of sp³-hybridized carbons (Fsp3) is 0.889. The highest BCUT2D eigenvalue weighted by Crippen LogP contribution is 2.29. The van der Waals surface area contributed by atoms with E-state index in [1.165, 1.54) is 6.42 Å². The number of hydrogen-bond acceptors (Lipinski definition) is 3. The number of methoxy groups -OCH3 is 1. The lowest BCUT2D eigenvalue weighted by Crippen LogP contribution is -2.46. The van der Waals surface area contributed by atoms with Crippen molar-refractivity contribution in [3.05, 3.63) is 0 Å². The van der Waals surface area contributed by atoms with Crippen LogP contribution in [0.4, 0.5) is 0 Å². The third kappa shape index (κ3) is 2.97. The molecule has 0 spiro atoms. The van der Waals surface area contributed by atoms with Crippen LogP contribution >= 0.6 is 0 Å². The average molecular weight is 187 g/mol. The lowest BCUT2D eigenvalue weighted by molar-refractivity contribution is -0.142.